The molecule has 1 N–H and O–H groups in total. The van der Waals surface area contributed by atoms with Crippen LogP contribution in [0.5, 0.6) is 11.5 Å². The van der Waals surface area contributed by atoms with E-state index < -0.39 is 0 Å². The Morgan fingerprint density at radius 3 is 2.55 bits per heavy atom. The van der Waals surface area contributed by atoms with Crippen LogP contribution in [0.3, 0.4) is 0 Å². The molecule has 0 aliphatic carbocycles. The van der Waals surface area contributed by atoms with Gasteiger partial charge < -0.3 is 24.6 Å². The highest BCUT2D eigenvalue weighted by Gasteiger charge is 2.20. The molecule has 1 heterocycles. The van der Waals surface area contributed by atoms with Gasteiger partial charge in [-0.2, -0.15) is 0 Å². The lowest BCUT2D eigenvalue weighted by molar-refractivity contribution is -0.133. The summed E-state index contributed by atoms with van der Waals surface area (Å²) >= 11 is 0. The number of methoxy groups -OCH3 is 2. The highest BCUT2D eigenvalue weighted by molar-refractivity contribution is 5.81. The number of nitrogens with one attached hydrogen (secondary N) is 1. The van der Waals surface area contributed by atoms with Crippen LogP contribution in [0, 0.1) is 0 Å². The van der Waals surface area contributed by atoms with Crippen LogP contribution in [0.2, 0.25) is 0 Å². The Hall–Kier alpha value is -2.44. The fourth-order valence-corrected chi connectivity index (χ4v) is 2.31. The minimum atomic E-state index is -0.00424. The van der Waals surface area contributed by atoms with Gasteiger partial charge in [0.15, 0.2) is 0 Å². The van der Waals surface area contributed by atoms with Gasteiger partial charge in [-0.15, -0.1) is 0 Å². The van der Waals surface area contributed by atoms with Gasteiger partial charge in [-0.25, -0.2) is 0 Å². The van der Waals surface area contributed by atoms with Crippen molar-refractivity contribution in [3.8, 4) is 11.5 Å². The maximum Gasteiger partial charge on any atom is 0.241 e. The van der Waals surface area contributed by atoms with Crippen molar-refractivity contribution in [3.63, 3.8) is 0 Å². The second-order valence-corrected chi connectivity index (χ2v) is 4.94. The molecular formula is C15H21N3O4. The summed E-state index contributed by atoms with van der Waals surface area (Å²) in [6.07, 6.45) is 0.821. The van der Waals surface area contributed by atoms with Crippen molar-refractivity contribution in [2.75, 3.05) is 52.3 Å². The predicted molar refractivity (Wildman–Crippen MR) is 82.3 cm³/mol. The number of hydrogen-bond acceptors (Lipinski definition) is 5. The molecule has 0 aromatic heterocycles. The third-order valence-corrected chi connectivity index (χ3v) is 3.65. The molecule has 22 heavy (non-hydrogen) atoms. The van der Waals surface area contributed by atoms with Gasteiger partial charge in [0.05, 0.1) is 26.5 Å². The summed E-state index contributed by atoms with van der Waals surface area (Å²) in [5.41, 5.74) is 0.710. The van der Waals surface area contributed by atoms with Crippen LogP contribution >= 0.6 is 0 Å². The zero-order chi connectivity index (χ0) is 15.9. The first kappa shape index (κ1) is 15.9. The van der Waals surface area contributed by atoms with Crippen molar-refractivity contribution < 1.29 is 19.1 Å². The van der Waals surface area contributed by atoms with E-state index >= 15 is 0 Å². The minimum absolute atomic E-state index is 0.00424. The first-order chi connectivity index (χ1) is 10.7. The molecule has 0 radical (unpaired) electrons. The average molecular weight is 307 g/mol. The summed E-state index contributed by atoms with van der Waals surface area (Å²) in [7, 11) is 3.16. The van der Waals surface area contributed by atoms with Crippen LogP contribution in [-0.4, -0.2) is 69.1 Å². The van der Waals surface area contributed by atoms with E-state index in [1.807, 2.05) is 0 Å². The molecule has 7 nitrogen and oxygen atoms in total. The van der Waals surface area contributed by atoms with Gasteiger partial charge in [0.2, 0.25) is 12.3 Å². The zero-order valence-corrected chi connectivity index (χ0v) is 12.9. The normalized spacial score (nSPS) is 14.5. The maximum atomic E-state index is 12.2. The standard InChI is InChI=1S/C15H21N3O4/c1-21-12-3-4-14(22-2)13(9-12)16-10-15(20)18-7-5-17(11-19)6-8-18/h3-4,9,11,16H,5-8,10H2,1-2H3. The first-order valence-electron chi connectivity index (χ1n) is 7.11. The van der Waals surface area contributed by atoms with Gasteiger partial charge in [-0.05, 0) is 12.1 Å². The van der Waals surface area contributed by atoms with Crippen molar-refractivity contribution in [3.05, 3.63) is 18.2 Å². The molecular weight excluding hydrogens is 286 g/mol. The number of benzene rings is 1. The first-order valence-corrected chi connectivity index (χ1v) is 7.11. The number of rotatable bonds is 6. The van der Waals surface area contributed by atoms with Crippen molar-refractivity contribution in [1.82, 2.24) is 9.80 Å². The molecule has 1 aromatic carbocycles. The van der Waals surface area contributed by atoms with Gasteiger partial charge in [-0.1, -0.05) is 0 Å². The van der Waals surface area contributed by atoms with Crippen LogP contribution < -0.4 is 14.8 Å². The highest BCUT2D eigenvalue weighted by atomic mass is 16.5. The largest absolute Gasteiger partial charge is 0.497 e. The van der Waals surface area contributed by atoms with Crippen molar-refractivity contribution in [2.24, 2.45) is 0 Å². The fourth-order valence-electron chi connectivity index (χ4n) is 2.31. The predicted octanol–water partition coefficient (Wildman–Crippen LogP) is 0.416. The van der Waals surface area contributed by atoms with Crippen molar-refractivity contribution in [2.45, 2.75) is 0 Å². The lowest BCUT2D eigenvalue weighted by Gasteiger charge is -2.32. The molecule has 1 fully saturated rings. The fraction of sp³-hybridized carbons (Fsp3) is 0.467. The highest BCUT2D eigenvalue weighted by Crippen LogP contribution is 2.28. The van der Waals surface area contributed by atoms with Crippen LogP contribution in [0.15, 0.2) is 18.2 Å². The van der Waals surface area contributed by atoms with E-state index in [2.05, 4.69) is 5.32 Å². The number of hydrogen-bond donors (Lipinski definition) is 1. The summed E-state index contributed by atoms with van der Waals surface area (Å²) < 4.78 is 10.4. The number of amides is 2. The van der Waals surface area contributed by atoms with E-state index in [0.717, 1.165) is 6.41 Å². The zero-order valence-electron chi connectivity index (χ0n) is 12.9. The summed E-state index contributed by atoms with van der Waals surface area (Å²) in [5, 5.41) is 3.08. The Morgan fingerprint density at radius 2 is 1.95 bits per heavy atom. The van der Waals surface area contributed by atoms with Gasteiger partial charge in [-0.3, -0.25) is 9.59 Å². The summed E-state index contributed by atoms with van der Waals surface area (Å²) in [4.78, 5) is 26.3. The molecule has 2 amide bonds. The average Bonchev–Trinajstić information content (AvgIpc) is 2.59. The topological polar surface area (TPSA) is 71.1 Å². The Labute approximate surface area is 129 Å². The molecule has 0 saturated carbocycles. The third kappa shape index (κ3) is 3.81. The third-order valence-electron chi connectivity index (χ3n) is 3.65. The summed E-state index contributed by atoms with van der Waals surface area (Å²) in [5.74, 6) is 1.34. The number of carbonyl (C=O) groups is 2. The van der Waals surface area contributed by atoms with Crippen LogP contribution in [0.4, 0.5) is 5.69 Å². The Bertz CT molecular complexity index is 528. The van der Waals surface area contributed by atoms with E-state index in [4.69, 9.17) is 9.47 Å². The lowest BCUT2D eigenvalue weighted by atomic mass is 10.2. The maximum absolute atomic E-state index is 12.2. The van der Waals surface area contributed by atoms with E-state index in [0.29, 0.717) is 43.4 Å². The number of nitrogens with zero attached hydrogens (tertiary/aromatic N) is 2. The quantitative estimate of drug-likeness (QED) is 0.771. The second-order valence-electron chi connectivity index (χ2n) is 4.94. The van der Waals surface area contributed by atoms with Gasteiger partial charge in [0.1, 0.15) is 11.5 Å². The second kappa shape index (κ2) is 7.53. The smallest absolute Gasteiger partial charge is 0.241 e. The van der Waals surface area contributed by atoms with Crippen LogP contribution in [0.1, 0.15) is 0 Å². The van der Waals surface area contributed by atoms with Gasteiger partial charge >= 0.3 is 0 Å². The van der Waals surface area contributed by atoms with Gasteiger partial charge in [0, 0.05) is 32.2 Å². The Morgan fingerprint density at radius 1 is 1.23 bits per heavy atom. The minimum Gasteiger partial charge on any atom is -0.497 e. The monoisotopic (exact) mass is 307 g/mol. The molecule has 1 aliphatic rings. The van der Waals surface area contributed by atoms with E-state index in [-0.39, 0.29) is 12.5 Å². The summed E-state index contributed by atoms with van der Waals surface area (Å²) in [6, 6.07) is 5.37. The Kier molecular flexibility index (Phi) is 5.46. The molecule has 0 unspecified atom stereocenters. The lowest BCUT2D eigenvalue weighted by Crippen LogP contribution is -2.49. The summed E-state index contributed by atoms with van der Waals surface area (Å²) in [6.45, 7) is 2.46. The number of ether oxygens (including phenoxy) is 2. The molecule has 0 bridgehead atoms. The SMILES string of the molecule is COc1ccc(OC)c(NCC(=O)N2CCN(C=O)CC2)c1. The molecule has 0 atom stereocenters. The number of piperazine rings is 1. The molecule has 1 saturated heterocycles. The molecule has 1 aliphatic heterocycles. The van der Waals surface area contributed by atoms with E-state index in [1.54, 1.807) is 42.2 Å². The van der Waals surface area contributed by atoms with Crippen molar-refractivity contribution in [1.29, 1.82) is 0 Å². The molecule has 0 spiro atoms. The van der Waals surface area contributed by atoms with Crippen LogP contribution in [-0.2, 0) is 9.59 Å². The van der Waals surface area contributed by atoms with Crippen LogP contribution in [0.25, 0.3) is 0 Å². The molecule has 7 heteroatoms. The van der Waals surface area contributed by atoms with Gasteiger partial charge in [0.25, 0.3) is 0 Å². The van der Waals surface area contributed by atoms with E-state index in [1.165, 1.54) is 0 Å². The molecule has 2 rings (SSSR count). The number of carbonyl (C=O) groups excluding carboxylic acids is 2. The molecule has 120 valence electrons. The van der Waals surface area contributed by atoms with E-state index in [9.17, 15) is 9.59 Å². The molecule has 1 aromatic rings. The number of anilines is 1. The Balaban J connectivity index is 1.92. The van der Waals surface area contributed by atoms with Crippen molar-refractivity contribution >= 4 is 18.0 Å².